The highest BCUT2D eigenvalue weighted by Crippen LogP contribution is 2.26. The molecule has 18 nitrogen and oxygen atoms in total. The van der Waals surface area contributed by atoms with Gasteiger partial charge in [-0.15, -0.1) is 0 Å². The number of aliphatic carboxylic acids is 3. The fourth-order valence-corrected chi connectivity index (χ4v) is 7.98. The lowest BCUT2D eigenvalue weighted by atomic mass is 9.87. The Hall–Kier alpha value is -5.20. The summed E-state index contributed by atoms with van der Waals surface area (Å²) in [5, 5.41) is 39.5. The van der Waals surface area contributed by atoms with E-state index in [4.69, 9.17) is 4.74 Å². The van der Waals surface area contributed by atoms with E-state index in [0.29, 0.717) is 48.1 Å². The van der Waals surface area contributed by atoms with Crippen LogP contribution in [0.25, 0.3) is 0 Å². The molecule has 0 radical (unpaired) electrons. The minimum Gasteiger partial charge on any atom is -0.481 e. The van der Waals surface area contributed by atoms with Gasteiger partial charge in [0.05, 0.1) is 48.7 Å². The van der Waals surface area contributed by atoms with E-state index in [1.807, 2.05) is 0 Å². The van der Waals surface area contributed by atoms with Crippen molar-refractivity contribution in [3.05, 3.63) is 65.7 Å². The van der Waals surface area contributed by atoms with E-state index in [-0.39, 0.29) is 74.9 Å². The molecule has 3 aliphatic rings. The zero-order chi connectivity index (χ0) is 39.4. The van der Waals surface area contributed by atoms with Crippen LogP contribution in [0.5, 0.6) is 5.88 Å². The molecule has 0 saturated carbocycles. The first-order valence-corrected chi connectivity index (χ1v) is 19.2. The Morgan fingerprint density at radius 2 is 1.05 bits per heavy atom. The Morgan fingerprint density at radius 3 is 1.52 bits per heavy atom. The van der Waals surface area contributed by atoms with Crippen LogP contribution >= 0.6 is 0 Å². The van der Waals surface area contributed by atoms with Gasteiger partial charge < -0.3 is 40.9 Å². The summed E-state index contributed by atoms with van der Waals surface area (Å²) in [7, 11) is 0. The maximum atomic E-state index is 14.0. The number of amides is 1. The summed E-state index contributed by atoms with van der Waals surface area (Å²) in [6.07, 6.45) is 6.93. The summed E-state index contributed by atoms with van der Waals surface area (Å²) < 4.78 is 5.98. The summed E-state index contributed by atoms with van der Waals surface area (Å²) in [6.45, 7) is 4.43. The minimum atomic E-state index is -0.886. The molecular formula is C38H50N10O8. The van der Waals surface area contributed by atoms with Crippen molar-refractivity contribution >= 4 is 23.8 Å². The molecule has 0 aliphatic carbocycles. The molecule has 6 rings (SSSR count). The number of hydrogen-bond donors (Lipinski definition) is 6. The van der Waals surface area contributed by atoms with Gasteiger partial charge in [-0.2, -0.15) is 0 Å². The predicted octanol–water partition coefficient (Wildman–Crippen LogP) is 0.265. The second-order valence-corrected chi connectivity index (χ2v) is 14.9. The number of aromatic nitrogens is 6. The third-order valence-corrected chi connectivity index (χ3v) is 11.1. The summed E-state index contributed by atoms with van der Waals surface area (Å²) in [5.41, 5.74) is 2.59. The molecule has 6 N–H and O–H groups in total. The van der Waals surface area contributed by atoms with Crippen molar-refractivity contribution in [1.29, 1.82) is 0 Å². The van der Waals surface area contributed by atoms with Gasteiger partial charge in [0, 0.05) is 42.4 Å². The van der Waals surface area contributed by atoms with Crippen LogP contribution in [0.4, 0.5) is 0 Å². The van der Waals surface area contributed by atoms with Gasteiger partial charge in [0.25, 0.3) is 0 Å². The molecule has 1 amide bonds. The van der Waals surface area contributed by atoms with Gasteiger partial charge in [-0.05, 0) is 88.4 Å². The molecule has 3 aliphatic heterocycles. The lowest BCUT2D eigenvalue weighted by Gasteiger charge is -2.23. The normalized spacial score (nSPS) is 21.0. The molecule has 0 spiro atoms. The van der Waals surface area contributed by atoms with E-state index >= 15 is 0 Å². The topological polar surface area (TPSA) is 255 Å². The van der Waals surface area contributed by atoms with Crippen LogP contribution in [0.2, 0.25) is 0 Å². The zero-order valence-electron chi connectivity index (χ0n) is 31.3. The highest BCUT2D eigenvalue weighted by atomic mass is 16.5. The summed E-state index contributed by atoms with van der Waals surface area (Å²) in [6, 6.07) is 5.02. The van der Waals surface area contributed by atoms with Gasteiger partial charge in [0.15, 0.2) is 0 Å². The molecule has 3 aromatic heterocycles. The Balaban J connectivity index is 1.15. The Kier molecular flexibility index (Phi) is 14.2. The third kappa shape index (κ3) is 11.2. The smallest absolute Gasteiger partial charge is 0.307 e. The van der Waals surface area contributed by atoms with Crippen LogP contribution < -0.4 is 20.7 Å². The van der Waals surface area contributed by atoms with E-state index in [9.17, 15) is 34.5 Å². The second-order valence-electron chi connectivity index (χ2n) is 14.9. The van der Waals surface area contributed by atoms with Crippen molar-refractivity contribution in [3.63, 3.8) is 0 Å². The number of carbonyl (C=O) groups excluding carboxylic acids is 1. The largest absolute Gasteiger partial charge is 0.481 e. The van der Waals surface area contributed by atoms with E-state index in [0.717, 1.165) is 38.9 Å². The number of nitrogens with zero attached hydrogens (tertiary/aromatic N) is 7. The van der Waals surface area contributed by atoms with Crippen molar-refractivity contribution in [2.75, 3.05) is 52.4 Å². The third-order valence-electron chi connectivity index (χ3n) is 11.1. The van der Waals surface area contributed by atoms with Gasteiger partial charge in [-0.1, -0.05) is 0 Å². The standard InChI is InChI=1S/C38H50N10O8/c49-35(15-28-9-26(42-20-44-28)11-31(36(50)51)23-1-4-39-16-23)48(19-30-10-27(43-21-46-30)12-32(37(52)53)24-2-5-40-17-24)7-8-56-34-14-29(45-22-47-34)13-33(38(54)55)25-3-6-41-18-25/h9-10,14,20-25,31-33,39-41H,1-8,11-13,15-19H2,(H,50,51)(H,52,53)(H,54,55). The lowest BCUT2D eigenvalue weighted by molar-refractivity contribution is -0.144. The zero-order valence-corrected chi connectivity index (χ0v) is 31.3. The SMILES string of the molecule is O=C(O)C(Cc1cc(CC(=O)N(CCOc2cc(CC(C(=O)O)C3CCNC3)ncn2)Cc2cc(CC(C(=O)O)C3CCNC3)ncn2)ncn1)C1CCNC1. The summed E-state index contributed by atoms with van der Waals surface area (Å²) in [5.74, 6) is -4.57. The molecule has 18 heteroatoms. The predicted molar refractivity (Wildman–Crippen MR) is 198 cm³/mol. The highest BCUT2D eigenvalue weighted by Gasteiger charge is 2.33. The molecule has 3 aromatic rings. The van der Waals surface area contributed by atoms with Gasteiger partial charge >= 0.3 is 17.9 Å². The van der Waals surface area contributed by atoms with Crippen LogP contribution in [-0.4, -0.2) is 126 Å². The molecule has 6 unspecified atom stereocenters. The molecular weight excluding hydrogens is 724 g/mol. The van der Waals surface area contributed by atoms with Crippen LogP contribution in [0.1, 0.15) is 47.7 Å². The number of hydrogen-bond acceptors (Lipinski definition) is 14. The second kappa shape index (κ2) is 19.6. The quantitative estimate of drug-likeness (QED) is 0.0900. The van der Waals surface area contributed by atoms with Crippen LogP contribution in [-0.2, 0) is 51.4 Å². The molecule has 3 fully saturated rings. The van der Waals surface area contributed by atoms with Crippen LogP contribution in [0, 0.1) is 35.5 Å². The van der Waals surface area contributed by atoms with Crippen molar-refractivity contribution in [1.82, 2.24) is 50.8 Å². The van der Waals surface area contributed by atoms with Gasteiger partial charge in [0.1, 0.15) is 25.6 Å². The van der Waals surface area contributed by atoms with Gasteiger partial charge in [-0.25, -0.2) is 29.9 Å². The molecule has 300 valence electrons. The van der Waals surface area contributed by atoms with Gasteiger partial charge in [0.2, 0.25) is 11.8 Å². The molecule has 0 aromatic carbocycles. The maximum Gasteiger partial charge on any atom is 0.307 e. The van der Waals surface area contributed by atoms with E-state index in [1.165, 1.54) is 19.0 Å². The van der Waals surface area contributed by atoms with Crippen molar-refractivity contribution in [2.45, 2.75) is 51.5 Å². The fourth-order valence-electron chi connectivity index (χ4n) is 7.98. The van der Waals surface area contributed by atoms with E-state index in [2.05, 4.69) is 45.9 Å². The van der Waals surface area contributed by atoms with Crippen LogP contribution in [0.15, 0.2) is 37.2 Å². The van der Waals surface area contributed by atoms with Crippen molar-refractivity contribution < 1.29 is 39.2 Å². The Labute approximate surface area is 324 Å². The molecule has 0 bridgehead atoms. The first-order chi connectivity index (χ1) is 27.1. The Bertz CT molecular complexity index is 1820. The minimum absolute atomic E-state index is 0.00222. The highest BCUT2D eigenvalue weighted by molar-refractivity contribution is 5.78. The van der Waals surface area contributed by atoms with Crippen molar-refractivity contribution in [3.8, 4) is 5.88 Å². The molecule has 6 atom stereocenters. The average Bonchev–Trinajstić information content (AvgIpc) is 4.00. The van der Waals surface area contributed by atoms with E-state index < -0.39 is 35.7 Å². The number of carboxylic acids is 3. The average molecular weight is 775 g/mol. The fraction of sp³-hybridized carbons (Fsp3) is 0.579. The number of ether oxygens (including phenoxy) is 1. The first kappa shape index (κ1) is 40.5. The molecule has 3 saturated heterocycles. The van der Waals surface area contributed by atoms with Crippen LogP contribution in [0.3, 0.4) is 0 Å². The number of nitrogens with one attached hydrogen (secondary N) is 3. The lowest BCUT2D eigenvalue weighted by Crippen LogP contribution is -2.36. The number of rotatable bonds is 20. The molecule has 6 heterocycles. The Morgan fingerprint density at radius 1 is 0.625 bits per heavy atom. The monoisotopic (exact) mass is 774 g/mol. The maximum absolute atomic E-state index is 14.0. The van der Waals surface area contributed by atoms with E-state index in [1.54, 1.807) is 23.1 Å². The first-order valence-electron chi connectivity index (χ1n) is 19.2. The summed E-state index contributed by atoms with van der Waals surface area (Å²) >= 11 is 0. The van der Waals surface area contributed by atoms with Gasteiger partial charge in [-0.3, -0.25) is 19.2 Å². The summed E-state index contributed by atoms with van der Waals surface area (Å²) in [4.78, 5) is 77.8. The molecule has 56 heavy (non-hydrogen) atoms. The number of carbonyl (C=O) groups is 4. The van der Waals surface area contributed by atoms with Crippen molar-refractivity contribution in [2.24, 2.45) is 35.5 Å². The number of carboxylic acid groups (broad SMARTS) is 3.